The molecule has 7 heteroatoms. The number of aromatic carboxylic acids is 1. The molecule has 2 aromatic rings. The van der Waals surface area contributed by atoms with Crippen LogP contribution < -0.4 is 5.32 Å². The molecule has 19 heavy (non-hydrogen) atoms. The van der Waals surface area contributed by atoms with Gasteiger partial charge in [0.15, 0.2) is 5.69 Å². The minimum absolute atomic E-state index is 0.171. The topological polar surface area (TPSA) is 97.1 Å². The molecule has 0 bridgehead atoms. The molecule has 98 valence electrons. The second kappa shape index (κ2) is 5.76. The molecule has 1 amide bonds. The number of carboxylic acid groups (broad SMARTS) is 1. The number of aryl methyl sites for hydroxylation is 1. The van der Waals surface area contributed by atoms with Gasteiger partial charge in [-0.3, -0.25) is 9.48 Å². The molecular weight excluding hydrogens is 248 g/mol. The van der Waals surface area contributed by atoms with Crippen molar-refractivity contribution < 1.29 is 14.7 Å². The van der Waals surface area contributed by atoms with E-state index in [0.717, 1.165) is 0 Å². The maximum absolute atomic E-state index is 11.7. The molecular formula is C12H12N4O3. The smallest absolute Gasteiger partial charge is 0.356 e. The molecule has 0 aromatic carbocycles. The van der Waals surface area contributed by atoms with Crippen molar-refractivity contribution in [3.8, 4) is 0 Å². The molecule has 0 saturated carbocycles. The Balaban J connectivity index is 1.97. The van der Waals surface area contributed by atoms with Crippen molar-refractivity contribution in [2.45, 2.75) is 13.0 Å². The van der Waals surface area contributed by atoms with E-state index < -0.39 is 5.97 Å². The molecule has 0 aliphatic heterocycles. The maximum Gasteiger partial charge on any atom is 0.356 e. The number of hydrogen-bond donors (Lipinski definition) is 2. The van der Waals surface area contributed by atoms with E-state index >= 15 is 0 Å². The van der Waals surface area contributed by atoms with Crippen molar-refractivity contribution in [3.63, 3.8) is 0 Å². The van der Waals surface area contributed by atoms with Crippen LogP contribution in [0, 0.1) is 0 Å². The maximum atomic E-state index is 11.7. The molecule has 0 fully saturated rings. The van der Waals surface area contributed by atoms with Crippen molar-refractivity contribution in [1.29, 1.82) is 0 Å². The predicted molar refractivity (Wildman–Crippen MR) is 66.7 cm³/mol. The summed E-state index contributed by atoms with van der Waals surface area (Å²) in [4.78, 5) is 26.3. The highest BCUT2D eigenvalue weighted by atomic mass is 16.4. The van der Waals surface area contributed by atoms with E-state index in [9.17, 15) is 9.59 Å². The lowest BCUT2D eigenvalue weighted by atomic mass is 10.3. The Morgan fingerprint density at radius 1 is 1.32 bits per heavy atom. The summed E-state index contributed by atoms with van der Waals surface area (Å²) in [6, 6.07) is 4.83. The summed E-state index contributed by atoms with van der Waals surface area (Å²) in [7, 11) is 0. The molecule has 2 heterocycles. The summed E-state index contributed by atoms with van der Waals surface area (Å²) in [6.07, 6.45) is 4.94. The molecule has 0 spiro atoms. The zero-order valence-corrected chi connectivity index (χ0v) is 9.98. The lowest BCUT2D eigenvalue weighted by Crippen LogP contribution is -2.17. The number of carbonyl (C=O) groups excluding carboxylic acids is 1. The van der Waals surface area contributed by atoms with Gasteiger partial charge in [0.1, 0.15) is 0 Å². The number of nitrogens with zero attached hydrogens (tertiary/aromatic N) is 3. The van der Waals surface area contributed by atoms with Gasteiger partial charge in [0.05, 0.1) is 5.69 Å². The molecule has 0 aliphatic carbocycles. The zero-order valence-electron chi connectivity index (χ0n) is 9.98. The first-order valence-electron chi connectivity index (χ1n) is 5.62. The van der Waals surface area contributed by atoms with E-state index in [-0.39, 0.29) is 23.7 Å². The fraction of sp³-hybridized carbons (Fsp3) is 0.167. The number of carbonyl (C=O) groups is 2. The Hall–Kier alpha value is -2.70. The standard InChI is InChI=1S/C12H12N4O3/c17-10(4-8-16-7-2-6-14-16)15-9-3-1-5-13-11(9)12(18)19/h1-3,5-7H,4,8H2,(H,15,17)(H,18,19). The lowest BCUT2D eigenvalue weighted by molar-refractivity contribution is -0.116. The van der Waals surface area contributed by atoms with Crippen molar-refractivity contribution >= 4 is 17.6 Å². The van der Waals surface area contributed by atoms with Crippen LogP contribution in [0.15, 0.2) is 36.8 Å². The number of hydrogen-bond acceptors (Lipinski definition) is 4. The second-order valence-corrected chi connectivity index (χ2v) is 3.77. The van der Waals surface area contributed by atoms with Crippen LogP contribution >= 0.6 is 0 Å². The molecule has 0 unspecified atom stereocenters. The van der Waals surface area contributed by atoms with Gasteiger partial charge in [-0.1, -0.05) is 0 Å². The first-order valence-corrected chi connectivity index (χ1v) is 5.62. The zero-order chi connectivity index (χ0) is 13.7. The van der Waals surface area contributed by atoms with E-state index in [2.05, 4.69) is 15.4 Å². The van der Waals surface area contributed by atoms with Crippen LogP contribution in [0.25, 0.3) is 0 Å². The third-order valence-electron chi connectivity index (χ3n) is 2.41. The minimum Gasteiger partial charge on any atom is -0.476 e. The molecule has 0 aliphatic rings. The Kier molecular flexibility index (Phi) is 3.87. The van der Waals surface area contributed by atoms with Crippen LogP contribution in [-0.4, -0.2) is 31.7 Å². The van der Waals surface area contributed by atoms with Crippen molar-refractivity contribution in [2.24, 2.45) is 0 Å². The number of amides is 1. The number of aromatic nitrogens is 3. The van der Waals surface area contributed by atoms with Gasteiger partial charge in [-0.2, -0.15) is 5.10 Å². The monoisotopic (exact) mass is 260 g/mol. The number of carboxylic acids is 1. The molecule has 0 radical (unpaired) electrons. The fourth-order valence-electron chi connectivity index (χ4n) is 1.54. The van der Waals surface area contributed by atoms with Gasteiger partial charge in [0.25, 0.3) is 0 Å². The van der Waals surface area contributed by atoms with Crippen molar-refractivity contribution in [2.75, 3.05) is 5.32 Å². The molecule has 0 saturated heterocycles. The average Bonchev–Trinajstić information content (AvgIpc) is 2.90. The highest BCUT2D eigenvalue weighted by molar-refractivity contribution is 5.98. The Morgan fingerprint density at radius 3 is 2.84 bits per heavy atom. The summed E-state index contributed by atoms with van der Waals surface area (Å²) >= 11 is 0. The quantitative estimate of drug-likeness (QED) is 0.836. The predicted octanol–water partition coefficient (Wildman–Crippen LogP) is 1.01. The SMILES string of the molecule is O=C(CCn1cccn1)Nc1cccnc1C(=O)O. The minimum atomic E-state index is -1.18. The normalized spacial score (nSPS) is 10.1. The third kappa shape index (κ3) is 3.38. The van der Waals surface area contributed by atoms with E-state index in [1.165, 1.54) is 12.3 Å². The summed E-state index contributed by atoms with van der Waals surface area (Å²) in [5, 5.41) is 15.4. The van der Waals surface area contributed by atoms with Crippen LogP contribution in [-0.2, 0) is 11.3 Å². The Bertz CT molecular complexity index is 580. The fourth-order valence-corrected chi connectivity index (χ4v) is 1.54. The number of anilines is 1. The van der Waals surface area contributed by atoms with Crippen molar-refractivity contribution in [1.82, 2.24) is 14.8 Å². The lowest BCUT2D eigenvalue weighted by Gasteiger charge is -2.07. The van der Waals surface area contributed by atoms with Crippen LogP contribution in [0.5, 0.6) is 0 Å². The molecule has 0 atom stereocenters. The van der Waals surface area contributed by atoms with Crippen LogP contribution in [0.1, 0.15) is 16.9 Å². The summed E-state index contributed by atoms with van der Waals surface area (Å²) in [5.41, 5.74) is 0.0235. The van der Waals surface area contributed by atoms with E-state index in [0.29, 0.717) is 6.54 Å². The van der Waals surface area contributed by atoms with Crippen LogP contribution in [0.3, 0.4) is 0 Å². The number of pyridine rings is 1. The largest absolute Gasteiger partial charge is 0.476 e. The van der Waals surface area contributed by atoms with Crippen LogP contribution in [0.2, 0.25) is 0 Å². The Labute approximate surface area is 108 Å². The van der Waals surface area contributed by atoms with Gasteiger partial charge in [-0.15, -0.1) is 0 Å². The average molecular weight is 260 g/mol. The molecule has 2 aromatic heterocycles. The van der Waals surface area contributed by atoms with Gasteiger partial charge in [-0.05, 0) is 18.2 Å². The molecule has 2 rings (SSSR count). The number of rotatable bonds is 5. The molecule has 2 N–H and O–H groups in total. The van der Waals surface area contributed by atoms with Crippen LogP contribution in [0.4, 0.5) is 5.69 Å². The van der Waals surface area contributed by atoms with Gasteiger partial charge < -0.3 is 10.4 Å². The second-order valence-electron chi connectivity index (χ2n) is 3.77. The van der Waals surface area contributed by atoms with Crippen molar-refractivity contribution in [3.05, 3.63) is 42.5 Å². The third-order valence-corrected chi connectivity index (χ3v) is 2.41. The van der Waals surface area contributed by atoms with Gasteiger partial charge >= 0.3 is 5.97 Å². The first-order chi connectivity index (χ1) is 9.16. The summed E-state index contributed by atoms with van der Waals surface area (Å²) in [5.74, 6) is -1.46. The first kappa shape index (κ1) is 12.7. The van der Waals surface area contributed by atoms with Gasteiger partial charge in [-0.25, -0.2) is 9.78 Å². The van der Waals surface area contributed by atoms with E-state index in [4.69, 9.17) is 5.11 Å². The summed E-state index contributed by atoms with van der Waals surface area (Å²) < 4.78 is 1.63. The van der Waals surface area contributed by atoms with E-state index in [1.807, 2.05) is 0 Å². The van der Waals surface area contributed by atoms with Gasteiger partial charge in [0.2, 0.25) is 5.91 Å². The summed E-state index contributed by atoms with van der Waals surface area (Å²) in [6.45, 7) is 0.432. The Morgan fingerprint density at radius 2 is 2.16 bits per heavy atom. The van der Waals surface area contributed by atoms with Gasteiger partial charge in [0, 0.05) is 31.6 Å². The van der Waals surface area contributed by atoms with E-state index in [1.54, 1.807) is 29.2 Å². The number of nitrogens with one attached hydrogen (secondary N) is 1. The highest BCUT2D eigenvalue weighted by Crippen LogP contribution is 2.12. The molecule has 7 nitrogen and oxygen atoms in total. The highest BCUT2D eigenvalue weighted by Gasteiger charge is 2.13.